The van der Waals surface area contributed by atoms with Crippen LogP contribution in [-0.2, 0) is 6.42 Å². The van der Waals surface area contributed by atoms with Crippen molar-refractivity contribution in [2.45, 2.75) is 20.3 Å². The number of thiophene rings is 1. The maximum atomic E-state index is 5.02. The molecular formula is C48H33N3S. The van der Waals surface area contributed by atoms with Gasteiger partial charge in [-0.1, -0.05) is 140 Å². The summed E-state index contributed by atoms with van der Waals surface area (Å²) in [7, 11) is 0. The minimum absolute atomic E-state index is 0.840. The van der Waals surface area contributed by atoms with Gasteiger partial charge in [-0.15, -0.1) is 21.5 Å². The van der Waals surface area contributed by atoms with Gasteiger partial charge in [-0.25, -0.2) is 0 Å². The van der Waals surface area contributed by atoms with E-state index in [1.807, 2.05) is 11.3 Å². The Balaban J connectivity index is 1.33. The minimum atomic E-state index is 0.840. The highest BCUT2D eigenvalue weighted by Gasteiger charge is 2.30. The summed E-state index contributed by atoms with van der Waals surface area (Å²) in [6.07, 6.45) is 0.859. The van der Waals surface area contributed by atoms with E-state index < -0.39 is 0 Å². The lowest BCUT2D eigenvalue weighted by molar-refractivity contribution is 0.878. The van der Waals surface area contributed by atoms with Crippen LogP contribution in [0.3, 0.4) is 0 Å². The zero-order valence-corrected chi connectivity index (χ0v) is 29.7. The number of benzene rings is 7. The summed E-state index contributed by atoms with van der Waals surface area (Å²) in [5.74, 6) is 0. The van der Waals surface area contributed by atoms with Crippen LogP contribution in [0.15, 0.2) is 152 Å². The number of aromatic nitrogens is 3. The molecule has 2 aromatic heterocycles. The first kappa shape index (κ1) is 30.6. The second-order valence-electron chi connectivity index (χ2n) is 13.7. The molecule has 3 nitrogen and oxygen atoms in total. The summed E-state index contributed by atoms with van der Waals surface area (Å²) in [6.45, 7) is 4.48. The van der Waals surface area contributed by atoms with Crippen LogP contribution in [0.5, 0.6) is 0 Å². The van der Waals surface area contributed by atoms with E-state index in [9.17, 15) is 0 Å². The fraction of sp³-hybridized carbons (Fsp3) is 0.0625. The molecule has 1 aliphatic carbocycles. The first-order valence-electron chi connectivity index (χ1n) is 17.8. The molecule has 10 rings (SSSR count). The average Bonchev–Trinajstić information content (AvgIpc) is 3.77. The highest BCUT2D eigenvalue weighted by atomic mass is 32.1. The van der Waals surface area contributed by atoms with Gasteiger partial charge in [-0.3, -0.25) is 0 Å². The van der Waals surface area contributed by atoms with Gasteiger partial charge in [0.05, 0.1) is 0 Å². The number of hydrogen-bond acceptors (Lipinski definition) is 4. The van der Waals surface area contributed by atoms with E-state index in [4.69, 9.17) is 10.2 Å². The van der Waals surface area contributed by atoms with Crippen molar-refractivity contribution in [2.75, 3.05) is 0 Å². The van der Waals surface area contributed by atoms with E-state index in [-0.39, 0.29) is 0 Å². The van der Waals surface area contributed by atoms with Gasteiger partial charge in [-0.2, -0.15) is 0 Å². The van der Waals surface area contributed by atoms with Crippen LogP contribution in [0, 0.1) is 13.8 Å². The molecule has 246 valence electrons. The SMILES string of the molecule is Cc1cc2c(c(-c3c(-c4ccccc4)nnnc3-c3ccccc3-c3c(-c4ccccc4)ccc4sc5ccccc5c34)c1C)Cc1ccccc1-2. The van der Waals surface area contributed by atoms with Crippen LogP contribution < -0.4 is 0 Å². The molecular weight excluding hydrogens is 651 g/mol. The predicted molar refractivity (Wildman–Crippen MR) is 218 cm³/mol. The second-order valence-corrected chi connectivity index (χ2v) is 14.7. The second kappa shape index (κ2) is 12.2. The lowest BCUT2D eigenvalue weighted by Crippen LogP contribution is -2.05. The molecule has 0 saturated carbocycles. The Morgan fingerprint density at radius 1 is 0.481 bits per heavy atom. The van der Waals surface area contributed by atoms with Crippen molar-refractivity contribution in [2.24, 2.45) is 0 Å². The van der Waals surface area contributed by atoms with Crippen molar-refractivity contribution in [3.05, 3.63) is 174 Å². The molecule has 0 radical (unpaired) electrons. The Labute approximate surface area is 306 Å². The fourth-order valence-electron chi connectivity index (χ4n) is 8.27. The van der Waals surface area contributed by atoms with Gasteiger partial charge in [0.15, 0.2) is 0 Å². The molecule has 0 fully saturated rings. The number of fused-ring (bicyclic) bond motifs is 6. The molecule has 0 unspecified atom stereocenters. The Morgan fingerprint density at radius 3 is 1.94 bits per heavy atom. The summed E-state index contributed by atoms with van der Waals surface area (Å²) >= 11 is 1.85. The van der Waals surface area contributed by atoms with Crippen molar-refractivity contribution in [1.29, 1.82) is 0 Å². The molecule has 0 atom stereocenters. The maximum absolute atomic E-state index is 5.02. The van der Waals surface area contributed by atoms with Crippen molar-refractivity contribution in [1.82, 2.24) is 15.4 Å². The van der Waals surface area contributed by atoms with E-state index in [1.165, 1.54) is 75.8 Å². The molecule has 0 spiro atoms. The Hall–Kier alpha value is -6.23. The molecule has 52 heavy (non-hydrogen) atoms. The van der Waals surface area contributed by atoms with Crippen LogP contribution in [-0.4, -0.2) is 15.4 Å². The van der Waals surface area contributed by atoms with Gasteiger partial charge in [0, 0.05) is 36.9 Å². The van der Waals surface area contributed by atoms with E-state index in [2.05, 4.69) is 171 Å². The van der Waals surface area contributed by atoms with E-state index >= 15 is 0 Å². The first-order chi connectivity index (χ1) is 25.7. The van der Waals surface area contributed by atoms with Crippen LogP contribution in [0.2, 0.25) is 0 Å². The molecule has 0 amide bonds. The smallest absolute Gasteiger partial charge is 0.105 e. The molecule has 2 heterocycles. The highest BCUT2D eigenvalue weighted by Crippen LogP contribution is 2.51. The number of rotatable bonds is 5. The van der Waals surface area contributed by atoms with Gasteiger partial charge in [-0.05, 0) is 98.8 Å². The summed E-state index contributed by atoms with van der Waals surface area (Å²) in [6, 6.07) is 54.5. The maximum Gasteiger partial charge on any atom is 0.105 e. The number of nitrogens with zero attached hydrogens (tertiary/aromatic N) is 3. The fourth-order valence-corrected chi connectivity index (χ4v) is 9.38. The molecule has 0 N–H and O–H groups in total. The van der Waals surface area contributed by atoms with Crippen LogP contribution in [0.4, 0.5) is 0 Å². The van der Waals surface area contributed by atoms with E-state index in [1.54, 1.807) is 0 Å². The normalized spacial score (nSPS) is 12.0. The van der Waals surface area contributed by atoms with Crippen LogP contribution in [0.25, 0.3) is 87.2 Å². The predicted octanol–water partition coefficient (Wildman–Crippen LogP) is 12.8. The Bertz CT molecular complexity index is 2840. The lowest BCUT2D eigenvalue weighted by atomic mass is 9.83. The highest BCUT2D eigenvalue weighted by molar-refractivity contribution is 7.26. The molecule has 0 bridgehead atoms. The third kappa shape index (κ3) is 4.75. The van der Waals surface area contributed by atoms with E-state index in [0.717, 1.165) is 40.1 Å². The summed E-state index contributed by atoms with van der Waals surface area (Å²) in [4.78, 5) is 0. The summed E-state index contributed by atoms with van der Waals surface area (Å²) < 4.78 is 2.55. The quantitative estimate of drug-likeness (QED) is 0.181. The van der Waals surface area contributed by atoms with Gasteiger partial charge in [0.1, 0.15) is 11.4 Å². The molecule has 0 saturated heterocycles. The minimum Gasteiger partial charge on any atom is -0.135 e. The van der Waals surface area contributed by atoms with Crippen molar-refractivity contribution >= 4 is 31.5 Å². The average molecular weight is 684 g/mol. The molecule has 1 aliphatic rings. The van der Waals surface area contributed by atoms with Gasteiger partial charge < -0.3 is 0 Å². The summed E-state index contributed by atoms with van der Waals surface area (Å²) in [5.41, 5.74) is 18.5. The zero-order chi connectivity index (χ0) is 34.8. The topological polar surface area (TPSA) is 38.7 Å². The third-order valence-corrected chi connectivity index (χ3v) is 11.9. The van der Waals surface area contributed by atoms with Gasteiger partial charge >= 0.3 is 0 Å². The molecule has 4 heteroatoms. The van der Waals surface area contributed by atoms with Gasteiger partial charge in [0.25, 0.3) is 0 Å². The molecule has 0 aliphatic heterocycles. The van der Waals surface area contributed by atoms with Crippen LogP contribution in [0.1, 0.15) is 22.3 Å². The van der Waals surface area contributed by atoms with Crippen molar-refractivity contribution < 1.29 is 0 Å². The lowest BCUT2D eigenvalue weighted by Gasteiger charge is -2.22. The molecule has 7 aromatic carbocycles. The standard InChI is InChI=1S/C48H33N3S/c1-29-27-39-34-20-10-9-19-33(34)28-40(39)43(30(29)2)46-47(32-17-7-4-8-18-32)49-51-50-48(46)37-22-12-11-21-36(37)44-35(31-15-5-3-6-16-31)25-26-42-45(44)38-23-13-14-24-41(38)52-42/h3-27H,28H2,1-2H3. The summed E-state index contributed by atoms with van der Waals surface area (Å²) in [5, 5.41) is 16.9. The number of aryl methyl sites for hydroxylation is 1. The monoisotopic (exact) mass is 683 g/mol. The number of hydrogen-bond donors (Lipinski definition) is 0. The Morgan fingerprint density at radius 2 is 1.13 bits per heavy atom. The first-order valence-corrected chi connectivity index (χ1v) is 18.6. The molecule has 9 aromatic rings. The zero-order valence-electron chi connectivity index (χ0n) is 28.9. The Kier molecular flexibility index (Phi) is 7.19. The largest absolute Gasteiger partial charge is 0.135 e. The van der Waals surface area contributed by atoms with Crippen molar-refractivity contribution in [3.63, 3.8) is 0 Å². The van der Waals surface area contributed by atoms with E-state index in [0.29, 0.717) is 0 Å². The van der Waals surface area contributed by atoms with Gasteiger partial charge in [0.2, 0.25) is 0 Å². The van der Waals surface area contributed by atoms with Crippen LogP contribution >= 0.6 is 11.3 Å². The third-order valence-electron chi connectivity index (χ3n) is 10.8. The van der Waals surface area contributed by atoms with Crippen molar-refractivity contribution in [3.8, 4) is 67.0 Å².